The van der Waals surface area contributed by atoms with Gasteiger partial charge in [0.1, 0.15) is 0 Å². The number of likely N-dealkylation sites (tertiary alicyclic amines) is 1. The highest BCUT2D eigenvalue weighted by atomic mass is 16.4. The third kappa shape index (κ3) is 5.00. The Morgan fingerprint density at radius 1 is 1.30 bits per heavy atom. The molecule has 1 saturated heterocycles. The Kier molecular flexibility index (Phi) is 6.26. The fourth-order valence-corrected chi connectivity index (χ4v) is 2.25. The zero-order valence-corrected chi connectivity index (χ0v) is 12.4. The van der Waals surface area contributed by atoms with Crippen LogP contribution in [0.25, 0.3) is 0 Å². The van der Waals surface area contributed by atoms with Crippen molar-refractivity contribution in [1.82, 2.24) is 10.2 Å². The molecule has 6 heteroatoms. The maximum atomic E-state index is 12.0. The largest absolute Gasteiger partial charge is 0.481 e. The van der Waals surface area contributed by atoms with Crippen LogP contribution in [0, 0.1) is 11.3 Å². The summed E-state index contributed by atoms with van der Waals surface area (Å²) in [5.41, 5.74) is -0.825. The summed E-state index contributed by atoms with van der Waals surface area (Å²) in [6.07, 6.45) is 3.08. The van der Waals surface area contributed by atoms with Crippen molar-refractivity contribution in [1.29, 1.82) is 0 Å². The average Bonchev–Trinajstić information content (AvgIpc) is 2.63. The lowest BCUT2D eigenvalue weighted by Crippen LogP contribution is -2.42. The number of amides is 2. The number of carbonyl (C=O) groups is 2. The van der Waals surface area contributed by atoms with E-state index >= 15 is 0 Å². The molecule has 0 radical (unpaired) electrons. The second-order valence-electron chi connectivity index (χ2n) is 6.14. The van der Waals surface area contributed by atoms with Crippen molar-refractivity contribution in [2.75, 3.05) is 26.2 Å². The van der Waals surface area contributed by atoms with Gasteiger partial charge in [-0.2, -0.15) is 0 Å². The molecular weight excluding hydrogens is 260 g/mol. The minimum atomic E-state index is -0.854. The lowest BCUT2D eigenvalue weighted by Gasteiger charge is -2.23. The van der Waals surface area contributed by atoms with Crippen molar-refractivity contribution in [2.45, 2.75) is 39.5 Å². The molecule has 116 valence electrons. The molecule has 1 rings (SSSR count). The van der Waals surface area contributed by atoms with E-state index in [9.17, 15) is 9.59 Å². The molecule has 0 spiro atoms. The summed E-state index contributed by atoms with van der Waals surface area (Å²) in [6, 6.07) is -0.134. The number of hydrogen-bond donors (Lipinski definition) is 3. The predicted octanol–water partition coefficient (Wildman–Crippen LogP) is 1.29. The van der Waals surface area contributed by atoms with Crippen molar-refractivity contribution in [3.05, 3.63) is 0 Å². The first-order valence-corrected chi connectivity index (χ1v) is 7.24. The number of aliphatic carboxylic acids is 1. The minimum Gasteiger partial charge on any atom is -0.481 e. The van der Waals surface area contributed by atoms with Crippen molar-refractivity contribution in [3.8, 4) is 0 Å². The van der Waals surface area contributed by atoms with E-state index in [0.717, 1.165) is 19.3 Å². The quantitative estimate of drug-likeness (QED) is 0.710. The Bertz CT molecular complexity index is 344. The Balaban J connectivity index is 2.34. The Morgan fingerprint density at radius 2 is 2.00 bits per heavy atom. The monoisotopic (exact) mass is 286 g/mol. The van der Waals surface area contributed by atoms with E-state index in [1.165, 1.54) is 0 Å². The van der Waals surface area contributed by atoms with E-state index in [1.807, 2.05) is 0 Å². The number of rotatable bonds is 5. The molecule has 6 nitrogen and oxygen atoms in total. The Labute approximate surface area is 120 Å². The molecule has 1 aliphatic heterocycles. The first-order chi connectivity index (χ1) is 9.36. The van der Waals surface area contributed by atoms with Crippen LogP contribution in [0.5, 0.6) is 0 Å². The maximum absolute atomic E-state index is 12.0. The average molecular weight is 286 g/mol. The van der Waals surface area contributed by atoms with E-state index in [4.69, 9.17) is 10.2 Å². The number of nitrogens with one attached hydrogen (secondary N) is 1. The number of aliphatic hydroxyl groups is 1. The van der Waals surface area contributed by atoms with Gasteiger partial charge in [0, 0.05) is 26.2 Å². The number of hydrogen-bond acceptors (Lipinski definition) is 3. The van der Waals surface area contributed by atoms with Gasteiger partial charge in [0.05, 0.1) is 5.41 Å². The van der Waals surface area contributed by atoms with Crippen molar-refractivity contribution < 1.29 is 19.8 Å². The Morgan fingerprint density at radius 3 is 2.60 bits per heavy atom. The molecule has 20 heavy (non-hydrogen) atoms. The SMILES string of the molecule is CC(C)(CCNC(=O)N1CCCC(CO)CC1)C(=O)O. The lowest BCUT2D eigenvalue weighted by molar-refractivity contribution is -0.147. The molecule has 3 N–H and O–H groups in total. The zero-order chi connectivity index (χ0) is 15.2. The topological polar surface area (TPSA) is 89.9 Å². The molecule has 0 saturated carbocycles. The molecule has 0 aromatic heterocycles. The predicted molar refractivity (Wildman–Crippen MR) is 75.4 cm³/mol. The summed E-state index contributed by atoms with van der Waals surface area (Å²) in [5.74, 6) is -0.564. The summed E-state index contributed by atoms with van der Waals surface area (Å²) < 4.78 is 0. The third-order valence-corrected chi connectivity index (χ3v) is 4.00. The molecule has 1 aliphatic rings. The van der Waals surface area contributed by atoms with Gasteiger partial charge in [0.2, 0.25) is 0 Å². The Hall–Kier alpha value is -1.30. The minimum absolute atomic E-state index is 0.134. The summed E-state index contributed by atoms with van der Waals surface area (Å²) >= 11 is 0. The number of aliphatic hydroxyl groups excluding tert-OH is 1. The maximum Gasteiger partial charge on any atom is 0.317 e. The van der Waals surface area contributed by atoms with Gasteiger partial charge in [-0.3, -0.25) is 4.79 Å². The molecule has 1 atom stereocenters. The fourth-order valence-electron chi connectivity index (χ4n) is 2.25. The number of carbonyl (C=O) groups excluding carboxylic acids is 1. The van der Waals surface area contributed by atoms with Gasteiger partial charge < -0.3 is 20.4 Å². The van der Waals surface area contributed by atoms with Gasteiger partial charge in [-0.25, -0.2) is 4.79 Å². The van der Waals surface area contributed by atoms with Crippen molar-refractivity contribution in [3.63, 3.8) is 0 Å². The highest BCUT2D eigenvalue weighted by molar-refractivity contribution is 5.75. The van der Waals surface area contributed by atoms with Crippen LogP contribution in [0.4, 0.5) is 4.79 Å². The fraction of sp³-hybridized carbons (Fsp3) is 0.857. The first-order valence-electron chi connectivity index (χ1n) is 7.24. The normalized spacial score (nSPS) is 20.4. The van der Waals surface area contributed by atoms with Crippen LogP contribution < -0.4 is 5.32 Å². The van der Waals surface area contributed by atoms with Crippen LogP contribution in [0.1, 0.15) is 39.5 Å². The van der Waals surface area contributed by atoms with Gasteiger partial charge in [-0.15, -0.1) is 0 Å². The highest BCUT2D eigenvalue weighted by Gasteiger charge is 2.27. The van der Waals surface area contributed by atoms with Gasteiger partial charge in [0.15, 0.2) is 0 Å². The molecule has 1 unspecified atom stereocenters. The molecule has 1 fully saturated rings. The molecule has 0 aliphatic carbocycles. The van der Waals surface area contributed by atoms with E-state index in [1.54, 1.807) is 18.7 Å². The van der Waals surface area contributed by atoms with Crippen molar-refractivity contribution >= 4 is 12.0 Å². The number of carboxylic acids is 1. The highest BCUT2D eigenvalue weighted by Crippen LogP contribution is 2.20. The number of urea groups is 1. The second-order valence-corrected chi connectivity index (χ2v) is 6.14. The second kappa shape index (κ2) is 7.47. The van der Waals surface area contributed by atoms with E-state index < -0.39 is 11.4 Å². The van der Waals surface area contributed by atoms with E-state index in [0.29, 0.717) is 32.0 Å². The van der Waals surface area contributed by atoms with Gasteiger partial charge in [0.25, 0.3) is 0 Å². The summed E-state index contributed by atoms with van der Waals surface area (Å²) in [4.78, 5) is 24.7. The summed E-state index contributed by atoms with van der Waals surface area (Å²) in [6.45, 7) is 5.20. The first kappa shape index (κ1) is 16.8. The zero-order valence-electron chi connectivity index (χ0n) is 12.4. The van der Waals surface area contributed by atoms with Crippen LogP contribution >= 0.6 is 0 Å². The number of carboxylic acid groups (broad SMARTS) is 1. The molecule has 1 heterocycles. The van der Waals surface area contributed by atoms with Crippen LogP contribution in [-0.4, -0.2) is 53.4 Å². The summed E-state index contributed by atoms with van der Waals surface area (Å²) in [7, 11) is 0. The van der Waals surface area contributed by atoms with Gasteiger partial charge in [-0.05, 0) is 45.4 Å². The smallest absolute Gasteiger partial charge is 0.317 e. The third-order valence-electron chi connectivity index (χ3n) is 4.00. The molecule has 0 aromatic carbocycles. The van der Waals surface area contributed by atoms with Gasteiger partial charge in [-0.1, -0.05) is 0 Å². The van der Waals surface area contributed by atoms with Crippen LogP contribution in [0.2, 0.25) is 0 Å². The van der Waals surface area contributed by atoms with Crippen LogP contribution in [-0.2, 0) is 4.79 Å². The molecular formula is C14H26N2O4. The molecule has 0 aromatic rings. The van der Waals surface area contributed by atoms with E-state index in [-0.39, 0.29) is 12.6 Å². The molecule has 0 bridgehead atoms. The van der Waals surface area contributed by atoms with Crippen molar-refractivity contribution in [2.24, 2.45) is 11.3 Å². The number of nitrogens with zero attached hydrogens (tertiary/aromatic N) is 1. The summed E-state index contributed by atoms with van der Waals surface area (Å²) in [5, 5.41) is 20.9. The molecule has 2 amide bonds. The van der Waals surface area contributed by atoms with Crippen LogP contribution in [0.15, 0.2) is 0 Å². The van der Waals surface area contributed by atoms with Gasteiger partial charge >= 0.3 is 12.0 Å². The standard InChI is InChI=1S/C14H26N2O4/c1-14(2,12(18)19)6-7-15-13(20)16-8-3-4-11(10-17)5-9-16/h11,17H,3-10H2,1-2H3,(H,15,20)(H,18,19). The lowest BCUT2D eigenvalue weighted by atomic mass is 9.90. The van der Waals surface area contributed by atoms with Crippen LogP contribution in [0.3, 0.4) is 0 Å². The van der Waals surface area contributed by atoms with E-state index in [2.05, 4.69) is 5.32 Å².